The highest BCUT2D eigenvalue weighted by atomic mass is 16.5. The largest absolute Gasteiger partial charge is 0.506 e. The summed E-state index contributed by atoms with van der Waals surface area (Å²) in [5, 5.41) is 80.3. The molecule has 0 spiro atoms. The molecule has 182 valence electrons. The summed E-state index contributed by atoms with van der Waals surface area (Å²) in [7, 11) is 1.21. The normalized spacial score (nSPS) is 24.9. The molecule has 12 nitrogen and oxygen atoms in total. The third kappa shape index (κ3) is 3.57. The second-order valence-electron chi connectivity index (χ2n) is 7.78. The Hall–Kier alpha value is -3.55. The molecule has 34 heavy (non-hydrogen) atoms. The first-order chi connectivity index (χ1) is 16.1. The van der Waals surface area contributed by atoms with Gasteiger partial charge in [0.15, 0.2) is 17.3 Å². The van der Waals surface area contributed by atoms with Gasteiger partial charge >= 0.3 is 0 Å². The van der Waals surface area contributed by atoms with E-state index >= 15 is 0 Å². The molecule has 8 N–H and O–H groups in total. The van der Waals surface area contributed by atoms with E-state index in [1.165, 1.54) is 19.2 Å². The Morgan fingerprint density at radius 2 is 1.65 bits per heavy atom. The second-order valence-corrected chi connectivity index (χ2v) is 7.78. The van der Waals surface area contributed by atoms with Gasteiger partial charge in [-0.1, -0.05) is 0 Å². The molecule has 1 fully saturated rings. The van der Waals surface area contributed by atoms with E-state index in [2.05, 4.69) is 0 Å². The molecule has 0 radical (unpaired) electrons. The van der Waals surface area contributed by atoms with Crippen LogP contribution in [0.4, 0.5) is 0 Å². The predicted octanol–water partition coefficient (Wildman–Crippen LogP) is -0.194. The third-order valence-corrected chi connectivity index (χ3v) is 5.77. The monoisotopic (exact) mass is 478 g/mol. The van der Waals surface area contributed by atoms with E-state index in [0.29, 0.717) is 0 Å². The lowest BCUT2D eigenvalue weighted by Crippen LogP contribution is -2.55. The number of hydrogen-bond acceptors (Lipinski definition) is 12. The van der Waals surface area contributed by atoms with Crippen LogP contribution in [0.3, 0.4) is 0 Å². The topological polar surface area (TPSA) is 211 Å². The summed E-state index contributed by atoms with van der Waals surface area (Å²) in [6, 6.07) is 4.63. The molecule has 2 aromatic carbocycles. The van der Waals surface area contributed by atoms with Crippen LogP contribution in [-0.4, -0.2) is 79.0 Å². The third-order valence-electron chi connectivity index (χ3n) is 5.77. The van der Waals surface area contributed by atoms with E-state index in [-0.39, 0.29) is 28.2 Å². The van der Waals surface area contributed by atoms with Crippen molar-refractivity contribution in [1.82, 2.24) is 0 Å². The summed E-state index contributed by atoms with van der Waals surface area (Å²) in [4.78, 5) is 13.0. The molecule has 0 aliphatic carbocycles. The lowest BCUT2D eigenvalue weighted by atomic mass is 9.89. The number of aliphatic hydroxyl groups excluding tert-OH is 4. The maximum Gasteiger partial charge on any atom is 0.238 e. The van der Waals surface area contributed by atoms with Crippen molar-refractivity contribution in [2.24, 2.45) is 0 Å². The lowest BCUT2D eigenvalue weighted by molar-refractivity contribution is -0.232. The molecule has 12 heteroatoms. The number of hydrogen-bond donors (Lipinski definition) is 8. The van der Waals surface area contributed by atoms with E-state index in [1.807, 2.05) is 0 Å². The number of phenols is 3. The van der Waals surface area contributed by atoms with Crippen LogP contribution in [0.25, 0.3) is 22.3 Å². The first-order valence-corrected chi connectivity index (χ1v) is 10.0. The first-order valence-electron chi connectivity index (χ1n) is 10.0. The summed E-state index contributed by atoms with van der Waals surface area (Å²) in [5.41, 5.74) is -1.56. The van der Waals surface area contributed by atoms with Gasteiger partial charge in [0.25, 0.3) is 0 Å². The van der Waals surface area contributed by atoms with Gasteiger partial charge in [-0.3, -0.25) is 4.79 Å². The van der Waals surface area contributed by atoms with E-state index in [4.69, 9.17) is 13.9 Å². The zero-order valence-electron chi connectivity index (χ0n) is 17.6. The molecule has 4 rings (SSSR count). The summed E-state index contributed by atoms with van der Waals surface area (Å²) in [6.07, 6.45) is -8.02. The molecular formula is C22H22O12. The summed E-state index contributed by atoms with van der Waals surface area (Å²) in [6.45, 7) is -0.718. The van der Waals surface area contributed by atoms with Crippen LogP contribution in [0.5, 0.6) is 28.7 Å². The first kappa shape index (κ1) is 23.6. The van der Waals surface area contributed by atoms with Gasteiger partial charge < -0.3 is 54.7 Å². The van der Waals surface area contributed by atoms with Gasteiger partial charge in [0.05, 0.1) is 19.3 Å². The van der Waals surface area contributed by atoms with Crippen LogP contribution in [0.15, 0.2) is 33.5 Å². The lowest BCUT2D eigenvalue weighted by Gasteiger charge is -2.40. The second kappa shape index (κ2) is 8.66. The zero-order valence-corrected chi connectivity index (χ0v) is 17.6. The number of phenolic OH excluding ortho intramolecular Hbond substituents is 3. The molecule has 0 bridgehead atoms. The van der Waals surface area contributed by atoms with Crippen LogP contribution in [-0.2, 0) is 4.74 Å². The Balaban J connectivity index is 1.94. The smallest absolute Gasteiger partial charge is 0.238 e. The van der Waals surface area contributed by atoms with Crippen molar-refractivity contribution in [1.29, 1.82) is 0 Å². The number of aliphatic hydroxyl groups is 4. The maximum absolute atomic E-state index is 13.0. The molecule has 0 amide bonds. The highest BCUT2D eigenvalue weighted by Crippen LogP contribution is 2.46. The molecule has 0 saturated carbocycles. The fourth-order valence-electron chi connectivity index (χ4n) is 3.96. The minimum atomic E-state index is -1.78. The molecule has 1 saturated heterocycles. The van der Waals surface area contributed by atoms with Gasteiger partial charge in [-0.25, -0.2) is 0 Å². The fraction of sp³-hybridized carbons (Fsp3) is 0.318. The van der Waals surface area contributed by atoms with E-state index < -0.39 is 70.9 Å². The number of benzene rings is 2. The van der Waals surface area contributed by atoms with Gasteiger partial charge in [-0.15, -0.1) is 0 Å². The molecule has 1 aromatic heterocycles. The molecule has 1 aliphatic rings. The molecular weight excluding hydrogens is 456 g/mol. The summed E-state index contributed by atoms with van der Waals surface area (Å²) in [5.74, 6) is -3.17. The van der Waals surface area contributed by atoms with Gasteiger partial charge in [0.2, 0.25) is 11.2 Å². The van der Waals surface area contributed by atoms with Crippen LogP contribution in [0.1, 0.15) is 11.7 Å². The van der Waals surface area contributed by atoms with Gasteiger partial charge in [-0.05, 0) is 18.2 Å². The van der Waals surface area contributed by atoms with Crippen LogP contribution in [0.2, 0.25) is 0 Å². The standard InChI is InChI=1S/C22H22O12/c1-32-10-5-11-13(16(27)14(10)22-20(31)18(29)15(26)12(6-23)34-22)17(28)19(30)21(33-11)7-2-3-8(24)9(25)4-7/h2-5,12,15,18,20,22-27,29-31H,6H2,1H3. The zero-order chi connectivity index (χ0) is 24.9. The molecule has 2 heterocycles. The molecule has 1 aliphatic heterocycles. The predicted molar refractivity (Wildman–Crippen MR) is 114 cm³/mol. The Morgan fingerprint density at radius 3 is 2.26 bits per heavy atom. The van der Waals surface area contributed by atoms with Crippen molar-refractivity contribution in [2.75, 3.05) is 13.7 Å². The van der Waals surface area contributed by atoms with Crippen molar-refractivity contribution >= 4 is 11.0 Å². The summed E-state index contributed by atoms with van der Waals surface area (Å²) < 4.78 is 16.4. The van der Waals surface area contributed by atoms with Gasteiger partial charge in [0, 0.05) is 11.6 Å². The molecule has 5 unspecified atom stereocenters. The highest BCUT2D eigenvalue weighted by Gasteiger charge is 2.46. The van der Waals surface area contributed by atoms with Crippen molar-refractivity contribution in [3.8, 4) is 40.1 Å². The quantitative estimate of drug-likeness (QED) is 0.229. The van der Waals surface area contributed by atoms with Crippen molar-refractivity contribution < 1.29 is 54.7 Å². The van der Waals surface area contributed by atoms with Crippen molar-refractivity contribution in [3.05, 3.63) is 40.1 Å². The van der Waals surface area contributed by atoms with Crippen molar-refractivity contribution in [3.63, 3.8) is 0 Å². The number of methoxy groups -OCH3 is 1. The van der Waals surface area contributed by atoms with Gasteiger partial charge in [-0.2, -0.15) is 0 Å². The van der Waals surface area contributed by atoms with E-state index in [0.717, 1.165) is 12.1 Å². The highest BCUT2D eigenvalue weighted by molar-refractivity contribution is 5.90. The minimum absolute atomic E-state index is 0.0447. The van der Waals surface area contributed by atoms with Crippen LogP contribution < -0.4 is 10.2 Å². The van der Waals surface area contributed by atoms with E-state index in [1.54, 1.807) is 0 Å². The number of rotatable bonds is 4. The Bertz CT molecular complexity index is 1300. The Labute approximate surface area is 190 Å². The maximum atomic E-state index is 13.0. The number of fused-ring (bicyclic) bond motifs is 1. The Morgan fingerprint density at radius 1 is 0.941 bits per heavy atom. The molecule has 5 atom stereocenters. The molecule has 3 aromatic rings. The number of aromatic hydroxyl groups is 4. The average Bonchev–Trinajstić information content (AvgIpc) is 2.82. The summed E-state index contributed by atoms with van der Waals surface area (Å²) >= 11 is 0. The van der Waals surface area contributed by atoms with Crippen molar-refractivity contribution in [2.45, 2.75) is 30.5 Å². The van der Waals surface area contributed by atoms with E-state index in [9.17, 15) is 45.6 Å². The average molecular weight is 478 g/mol. The van der Waals surface area contributed by atoms with Crippen LogP contribution >= 0.6 is 0 Å². The SMILES string of the molecule is COc1cc2oc(-c3ccc(O)c(O)c3)c(O)c(=O)c2c(O)c1C1OC(CO)C(O)C(O)C1O. The minimum Gasteiger partial charge on any atom is -0.506 e. The van der Waals surface area contributed by atoms with Gasteiger partial charge in [0.1, 0.15) is 53.0 Å². The fourth-order valence-corrected chi connectivity index (χ4v) is 3.96. The number of ether oxygens (including phenoxy) is 2. The Kier molecular flexibility index (Phi) is 6.02. The van der Waals surface area contributed by atoms with Crippen LogP contribution in [0, 0.1) is 0 Å².